The van der Waals surface area contributed by atoms with Crippen molar-refractivity contribution in [2.75, 3.05) is 23.8 Å². The van der Waals surface area contributed by atoms with Crippen molar-refractivity contribution in [1.29, 1.82) is 0 Å². The minimum absolute atomic E-state index is 0.0438. The molecular weight excluding hydrogens is 538 g/mol. The van der Waals surface area contributed by atoms with Gasteiger partial charge in [-0.25, -0.2) is 9.97 Å². The van der Waals surface area contributed by atoms with Crippen molar-refractivity contribution in [3.8, 4) is 21.9 Å². The molecule has 198 valence electrons. The fraction of sp³-hybridized carbons (Fsp3) is 0.0741. The number of rotatable bonds is 9. The van der Waals surface area contributed by atoms with E-state index in [1.54, 1.807) is 72.1 Å². The third-order valence-corrected chi connectivity index (χ3v) is 7.43. The third-order valence-electron chi connectivity index (χ3n) is 5.78. The van der Waals surface area contributed by atoms with Crippen molar-refractivity contribution in [2.24, 2.45) is 5.73 Å². The fourth-order valence-electron chi connectivity index (χ4n) is 4.01. The van der Waals surface area contributed by atoms with Crippen LogP contribution < -0.4 is 24.8 Å². The fourth-order valence-corrected chi connectivity index (χ4v) is 5.46. The molecule has 1 amide bonds. The van der Waals surface area contributed by atoms with Gasteiger partial charge in [0.25, 0.3) is 0 Å². The van der Waals surface area contributed by atoms with Crippen LogP contribution in [0.2, 0.25) is 0 Å². The van der Waals surface area contributed by atoms with E-state index in [2.05, 4.69) is 10.3 Å². The second kappa shape index (κ2) is 11.1. The summed E-state index contributed by atoms with van der Waals surface area (Å²) in [5.41, 5.74) is 8.43. The van der Waals surface area contributed by atoms with Gasteiger partial charge in [0.15, 0.2) is 11.6 Å². The summed E-state index contributed by atoms with van der Waals surface area (Å²) in [6.45, 7) is 0. The maximum Gasteiger partial charge on any atom is 0.250 e. The van der Waals surface area contributed by atoms with E-state index in [4.69, 9.17) is 20.2 Å². The average molecular weight is 561 g/mol. The van der Waals surface area contributed by atoms with Crippen LogP contribution in [0.25, 0.3) is 21.5 Å². The predicted molar refractivity (Wildman–Crippen MR) is 152 cm³/mol. The van der Waals surface area contributed by atoms with E-state index in [-0.39, 0.29) is 11.6 Å². The molecule has 0 radical (unpaired) electrons. The van der Waals surface area contributed by atoms with Crippen molar-refractivity contribution >= 4 is 62.6 Å². The second-order valence-electron chi connectivity index (χ2n) is 8.20. The molecule has 1 unspecified atom stereocenters. The molecule has 0 saturated heterocycles. The van der Waals surface area contributed by atoms with Crippen molar-refractivity contribution in [1.82, 2.24) is 9.97 Å². The van der Waals surface area contributed by atoms with Gasteiger partial charge in [-0.1, -0.05) is 24.3 Å². The molecule has 5 aromatic rings. The predicted octanol–water partition coefficient (Wildman–Crippen LogP) is 5.15. The van der Waals surface area contributed by atoms with Crippen molar-refractivity contribution in [2.45, 2.75) is 0 Å². The lowest BCUT2D eigenvalue weighted by Gasteiger charge is -2.27. The van der Waals surface area contributed by atoms with Gasteiger partial charge >= 0.3 is 0 Å². The molecule has 0 spiro atoms. The number of carbonyl (C=O) groups is 1. The van der Waals surface area contributed by atoms with E-state index in [9.17, 15) is 13.6 Å². The molecule has 3 N–H and O–H groups in total. The van der Waals surface area contributed by atoms with Crippen LogP contribution in [0.4, 0.5) is 23.0 Å². The number of amides is 1. The number of fused-ring (bicyclic) bond motifs is 1. The number of anilines is 4. The molecule has 0 aliphatic heterocycles. The molecular formula is C27H22N5O5S2-. The Kier molecular flexibility index (Phi) is 7.41. The summed E-state index contributed by atoms with van der Waals surface area (Å²) in [6.07, 6.45) is 0. The Morgan fingerprint density at radius 3 is 2.31 bits per heavy atom. The van der Waals surface area contributed by atoms with E-state index in [1.165, 1.54) is 25.6 Å². The Hall–Kier alpha value is -4.52. The van der Waals surface area contributed by atoms with Crippen LogP contribution in [0.5, 0.6) is 11.5 Å². The van der Waals surface area contributed by atoms with Gasteiger partial charge in [0.1, 0.15) is 11.5 Å². The molecule has 12 heteroatoms. The highest BCUT2D eigenvalue weighted by molar-refractivity contribution is 7.81. The van der Waals surface area contributed by atoms with Crippen LogP contribution in [-0.4, -0.2) is 38.9 Å². The van der Waals surface area contributed by atoms with Gasteiger partial charge in [0.2, 0.25) is 5.91 Å². The number of nitrogens with two attached hydrogens (primary N) is 1. The van der Waals surface area contributed by atoms with E-state index in [0.717, 1.165) is 4.31 Å². The number of thiophene rings is 1. The van der Waals surface area contributed by atoms with Gasteiger partial charge in [-0.2, -0.15) is 0 Å². The Balaban J connectivity index is 1.66. The van der Waals surface area contributed by atoms with E-state index in [0.29, 0.717) is 49.9 Å². The number of methoxy groups -OCH3 is 2. The van der Waals surface area contributed by atoms with Crippen molar-refractivity contribution in [3.63, 3.8) is 0 Å². The lowest BCUT2D eigenvalue weighted by Crippen LogP contribution is -2.22. The molecule has 2 aromatic heterocycles. The summed E-state index contributed by atoms with van der Waals surface area (Å²) in [7, 11) is 3.07. The van der Waals surface area contributed by atoms with Crippen LogP contribution in [-0.2, 0) is 11.3 Å². The van der Waals surface area contributed by atoms with Crippen molar-refractivity contribution in [3.05, 3.63) is 83.7 Å². The molecule has 3 aromatic carbocycles. The summed E-state index contributed by atoms with van der Waals surface area (Å²) in [6, 6.07) is 20.7. The lowest BCUT2D eigenvalue weighted by atomic mass is 10.1. The van der Waals surface area contributed by atoms with Gasteiger partial charge in [-0.05, 0) is 41.3 Å². The molecule has 5 rings (SSSR count). The molecule has 10 nitrogen and oxygen atoms in total. The summed E-state index contributed by atoms with van der Waals surface area (Å²) in [5.74, 6) is 0.729. The first-order chi connectivity index (χ1) is 18.9. The normalized spacial score (nSPS) is 11.7. The molecule has 0 fully saturated rings. The largest absolute Gasteiger partial charge is 0.755 e. The number of nitrogens with one attached hydrogen (secondary N) is 1. The van der Waals surface area contributed by atoms with E-state index in [1.807, 2.05) is 6.07 Å². The molecule has 39 heavy (non-hydrogen) atoms. The Bertz CT molecular complexity index is 1690. The second-order valence-corrected chi connectivity index (χ2v) is 9.92. The Labute approximate surface area is 230 Å². The Morgan fingerprint density at radius 1 is 0.974 bits per heavy atom. The zero-order chi connectivity index (χ0) is 27.5. The number of hydrogen-bond donors (Lipinski definition) is 2. The van der Waals surface area contributed by atoms with E-state index < -0.39 is 17.2 Å². The number of carbonyl (C=O) groups excluding carboxylic acids is 1. The number of primary amides is 1. The number of ether oxygens (including phenoxy) is 2. The average Bonchev–Trinajstić information content (AvgIpc) is 3.44. The molecule has 2 heterocycles. The zero-order valence-corrected chi connectivity index (χ0v) is 22.4. The van der Waals surface area contributed by atoms with Crippen molar-refractivity contribution < 1.29 is 23.0 Å². The van der Waals surface area contributed by atoms with Gasteiger partial charge in [-0.3, -0.25) is 13.3 Å². The first-order valence-electron chi connectivity index (χ1n) is 11.5. The minimum Gasteiger partial charge on any atom is -0.755 e. The first-order valence-corrected chi connectivity index (χ1v) is 13.4. The van der Waals surface area contributed by atoms with Crippen LogP contribution in [0.1, 0.15) is 10.4 Å². The van der Waals surface area contributed by atoms with Gasteiger partial charge < -0.3 is 25.1 Å². The van der Waals surface area contributed by atoms with Crippen LogP contribution in [0.3, 0.4) is 0 Å². The Morgan fingerprint density at radius 2 is 1.67 bits per heavy atom. The first kappa shape index (κ1) is 26.1. The lowest BCUT2D eigenvalue weighted by molar-refractivity contribution is 0.100. The number of nitrogens with zero attached hydrogens (tertiary/aromatic N) is 3. The highest BCUT2D eigenvalue weighted by Crippen LogP contribution is 2.38. The van der Waals surface area contributed by atoms with Gasteiger partial charge in [0, 0.05) is 28.8 Å². The van der Waals surface area contributed by atoms with Crippen LogP contribution in [0.15, 0.2) is 78.2 Å². The molecule has 1 atom stereocenters. The summed E-state index contributed by atoms with van der Waals surface area (Å²) in [5, 5.41) is 4.93. The van der Waals surface area contributed by atoms with Crippen LogP contribution in [0, 0.1) is 0 Å². The minimum atomic E-state index is -2.79. The number of benzene rings is 3. The maximum atomic E-state index is 12.7. The topological polar surface area (TPSA) is 143 Å². The molecule has 0 saturated carbocycles. The highest BCUT2D eigenvalue weighted by Gasteiger charge is 2.21. The standard InChI is InChI=1S/C27H23N5O5S2/c1-36-19-13-17(14-20(15-19)37-2)29-26-27(31-23-9-4-3-8-22(23)30-26)32(39(34)35)18-7-5-6-16(12-18)24-21(25(28)33)10-11-38-24/h3-15H,1-2H3,(H2,28,33)(H,29,30)(H,34,35)/p-1. The van der Waals surface area contributed by atoms with Crippen LogP contribution >= 0.6 is 11.3 Å². The monoisotopic (exact) mass is 560 g/mol. The quantitative estimate of drug-likeness (QED) is 0.236. The number of aromatic nitrogens is 2. The number of para-hydroxylation sites is 2. The highest BCUT2D eigenvalue weighted by atomic mass is 32.2. The SMILES string of the molecule is COc1cc(Nc2nc3ccccc3nc2N(c2cccc(-c3sccc3C(N)=O)c2)S(=O)[O-])cc(OC)c1. The summed E-state index contributed by atoms with van der Waals surface area (Å²) >= 11 is -1.46. The summed E-state index contributed by atoms with van der Waals surface area (Å²) < 4.78 is 37.2. The third kappa shape index (κ3) is 5.39. The van der Waals surface area contributed by atoms with E-state index >= 15 is 0 Å². The number of hydrogen-bond acceptors (Lipinski definition) is 9. The van der Waals surface area contributed by atoms with Gasteiger partial charge in [-0.15, -0.1) is 11.3 Å². The zero-order valence-electron chi connectivity index (χ0n) is 20.8. The van der Waals surface area contributed by atoms with Gasteiger partial charge in [0.05, 0.1) is 47.8 Å². The molecule has 0 aliphatic rings. The smallest absolute Gasteiger partial charge is 0.250 e. The molecule has 0 aliphatic carbocycles. The maximum absolute atomic E-state index is 12.7. The molecule has 0 bridgehead atoms. The summed E-state index contributed by atoms with van der Waals surface area (Å²) in [4.78, 5) is 21.9.